The van der Waals surface area contributed by atoms with Crippen LogP contribution in [0.2, 0.25) is 0 Å². The van der Waals surface area contributed by atoms with Gasteiger partial charge in [0.15, 0.2) is 0 Å². The second kappa shape index (κ2) is 5.72. The molecule has 2 heterocycles. The Morgan fingerprint density at radius 3 is 2.55 bits per heavy atom. The average Bonchev–Trinajstić information content (AvgIpc) is 2.97. The van der Waals surface area contributed by atoms with Crippen molar-refractivity contribution in [2.45, 2.75) is 46.1 Å². The summed E-state index contributed by atoms with van der Waals surface area (Å²) in [5.74, 6) is 0.375. The maximum absolute atomic E-state index is 12.8. The molecule has 20 heavy (non-hydrogen) atoms. The van der Waals surface area contributed by atoms with Gasteiger partial charge in [0.25, 0.3) is 0 Å². The Kier molecular flexibility index (Phi) is 4.37. The van der Waals surface area contributed by atoms with Gasteiger partial charge in [-0.25, -0.2) is 0 Å². The molecule has 5 nitrogen and oxygen atoms in total. The van der Waals surface area contributed by atoms with E-state index in [0.29, 0.717) is 19.5 Å². The molecule has 2 saturated heterocycles. The summed E-state index contributed by atoms with van der Waals surface area (Å²) >= 11 is 0. The van der Waals surface area contributed by atoms with E-state index in [2.05, 4.69) is 6.92 Å². The highest BCUT2D eigenvalue weighted by molar-refractivity contribution is 5.89. The maximum Gasteiger partial charge on any atom is 0.245 e. The van der Waals surface area contributed by atoms with Crippen LogP contribution in [0.25, 0.3) is 0 Å². The van der Waals surface area contributed by atoms with Crippen molar-refractivity contribution in [3.63, 3.8) is 0 Å². The highest BCUT2D eigenvalue weighted by Crippen LogP contribution is 2.30. The van der Waals surface area contributed by atoms with Crippen molar-refractivity contribution in [2.24, 2.45) is 17.1 Å². The summed E-state index contributed by atoms with van der Waals surface area (Å²) in [5, 5.41) is 0. The third kappa shape index (κ3) is 2.82. The van der Waals surface area contributed by atoms with Crippen LogP contribution in [0, 0.1) is 11.3 Å². The average molecular weight is 281 g/mol. The third-order valence-corrected chi connectivity index (χ3v) is 4.69. The normalized spacial score (nSPS) is 28.6. The minimum Gasteiger partial charge on any atom is -0.340 e. The van der Waals surface area contributed by atoms with Crippen LogP contribution in [-0.4, -0.2) is 53.8 Å². The van der Waals surface area contributed by atoms with Crippen LogP contribution < -0.4 is 5.73 Å². The number of nitrogens with zero attached hydrogens (tertiary/aromatic N) is 2. The minimum atomic E-state index is -0.301. The molecule has 0 bridgehead atoms. The molecule has 0 saturated carbocycles. The van der Waals surface area contributed by atoms with Crippen molar-refractivity contribution < 1.29 is 9.59 Å². The van der Waals surface area contributed by atoms with E-state index in [-0.39, 0.29) is 29.2 Å². The fraction of sp³-hybridized carbons (Fsp3) is 0.867. The molecule has 2 amide bonds. The predicted molar refractivity (Wildman–Crippen MR) is 77.9 cm³/mol. The molecule has 2 aliphatic rings. The number of hydrogen-bond acceptors (Lipinski definition) is 3. The van der Waals surface area contributed by atoms with Crippen molar-refractivity contribution in [3.05, 3.63) is 0 Å². The standard InChI is InChI=1S/C15H27N3O2/c1-11(2)13(18-7-4-5-12(18)19)14(20)17-8-6-15(3,9-16)10-17/h11,13H,4-10,16H2,1-3H3. The van der Waals surface area contributed by atoms with Crippen LogP contribution in [0.1, 0.15) is 40.0 Å². The lowest BCUT2D eigenvalue weighted by molar-refractivity contribution is -0.144. The Morgan fingerprint density at radius 2 is 2.10 bits per heavy atom. The molecular weight excluding hydrogens is 254 g/mol. The molecule has 0 aromatic carbocycles. The second-order valence-electron chi connectivity index (χ2n) is 6.90. The largest absolute Gasteiger partial charge is 0.340 e. The second-order valence-corrected chi connectivity index (χ2v) is 6.90. The summed E-state index contributed by atoms with van der Waals surface area (Å²) in [6.07, 6.45) is 2.40. The first-order chi connectivity index (χ1) is 9.38. The molecule has 114 valence electrons. The lowest BCUT2D eigenvalue weighted by Gasteiger charge is -2.33. The molecule has 0 aliphatic carbocycles. The lowest BCUT2D eigenvalue weighted by atomic mass is 9.90. The molecule has 2 N–H and O–H groups in total. The predicted octanol–water partition coefficient (Wildman–Crippen LogP) is 0.831. The van der Waals surface area contributed by atoms with Gasteiger partial charge in [-0.1, -0.05) is 20.8 Å². The third-order valence-electron chi connectivity index (χ3n) is 4.69. The van der Waals surface area contributed by atoms with Gasteiger partial charge >= 0.3 is 0 Å². The molecule has 5 heteroatoms. The first kappa shape index (κ1) is 15.3. The molecule has 2 rings (SSSR count). The van der Waals surface area contributed by atoms with Gasteiger partial charge < -0.3 is 15.5 Å². The summed E-state index contributed by atoms with van der Waals surface area (Å²) in [5.41, 5.74) is 5.84. The van der Waals surface area contributed by atoms with Gasteiger partial charge in [0.1, 0.15) is 6.04 Å². The molecule has 2 unspecified atom stereocenters. The molecule has 0 aromatic heterocycles. The number of rotatable bonds is 4. The van der Waals surface area contributed by atoms with E-state index in [1.54, 1.807) is 4.90 Å². The lowest BCUT2D eigenvalue weighted by Crippen LogP contribution is -2.51. The molecule has 0 aromatic rings. The fourth-order valence-corrected chi connectivity index (χ4v) is 3.31. The van der Waals surface area contributed by atoms with Gasteiger partial charge in [-0.05, 0) is 30.7 Å². The molecule has 2 atom stereocenters. The van der Waals surface area contributed by atoms with Crippen LogP contribution in [0.4, 0.5) is 0 Å². The van der Waals surface area contributed by atoms with E-state index in [9.17, 15) is 9.59 Å². The van der Waals surface area contributed by atoms with E-state index in [1.165, 1.54) is 0 Å². The smallest absolute Gasteiger partial charge is 0.245 e. The van der Waals surface area contributed by atoms with Gasteiger partial charge in [0.2, 0.25) is 11.8 Å². The first-order valence-electron chi connectivity index (χ1n) is 7.66. The summed E-state index contributed by atoms with van der Waals surface area (Å²) in [6.45, 7) is 8.97. The van der Waals surface area contributed by atoms with Gasteiger partial charge in [0.05, 0.1) is 0 Å². The Balaban J connectivity index is 2.10. The zero-order chi connectivity index (χ0) is 14.9. The number of carbonyl (C=O) groups is 2. The topological polar surface area (TPSA) is 66.6 Å². The number of hydrogen-bond donors (Lipinski definition) is 1. The number of carbonyl (C=O) groups excluding carboxylic acids is 2. The van der Waals surface area contributed by atoms with Crippen molar-refractivity contribution in [1.29, 1.82) is 0 Å². The van der Waals surface area contributed by atoms with Crippen LogP contribution in [0.3, 0.4) is 0 Å². The highest BCUT2D eigenvalue weighted by atomic mass is 16.2. The number of amides is 2. The monoisotopic (exact) mass is 281 g/mol. The Bertz CT molecular complexity index is 397. The van der Waals surface area contributed by atoms with Crippen LogP contribution in [0.15, 0.2) is 0 Å². The van der Waals surface area contributed by atoms with E-state index < -0.39 is 0 Å². The van der Waals surface area contributed by atoms with E-state index >= 15 is 0 Å². The fourth-order valence-electron chi connectivity index (χ4n) is 3.31. The van der Waals surface area contributed by atoms with Gasteiger partial charge in [-0.15, -0.1) is 0 Å². The molecule has 0 spiro atoms. The van der Waals surface area contributed by atoms with Crippen molar-refractivity contribution in [3.8, 4) is 0 Å². The Hall–Kier alpha value is -1.10. The van der Waals surface area contributed by atoms with E-state index in [4.69, 9.17) is 5.73 Å². The summed E-state index contributed by atoms with van der Waals surface area (Å²) in [7, 11) is 0. The number of likely N-dealkylation sites (tertiary alicyclic amines) is 2. The molecule has 0 radical (unpaired) electrons. The Labute approximate surface area is 121 Å². The van der Waals surface area contributed by atoms with E-state index in [1.807, 2.05) is 18.7 Å². The van der Waals surface area contributed by atoms with E-state index in [0.717, 1.165) is 25.9 Å². The quantitative estimate of drug-likeness (QED) is 0.830. The van der Waals surface area contributed by atoms with Crippen LogP contribution in [0.5, 0.6) is 0 Å². The van der Waals surface area contributed by atoms with Gasteiger partial charge in [-0.2, -0.15) is 0 Å². The zero-order valence-electron chi connectivity index (χ0n) is 12.9. The highest BCUT2D eigenvalue weighted by Gasteiger charge is 2.41. The summed E-state index contributed by atoms with van der Waals surface area (Å²) in [4.78, 5) is 28.5. The zero-order valence-corrected chi connectivity index (χ0v) is 12.9. The summed E-state index contributed by atoms with van der Waals surface area (Å²) < 4.78 is 0. The maximum atomic E-state index is 12.8. The van der Waals surface area contributed by atoms with Crippen molar-refractivity contribution in [2.75, 3.05) is 26.2 Å². The Morgan fingerprint density at radius 1 is 1.40 bits per heavy atom. The van der Waals surface area contributed by atoms with Crippen molar-refractivity contribution in [1.82, 2.24) is 9.80 Å². The first-order valence-corrected chi connectivity index (χ1v) is 7.66. The minimum absolute atomic E-state index is 0.0339. The molecular formula is C15H27N3O2. The SMILES string of the molecule is CC(C)C(C(=O)N1CCC(C)(CN)C1)N1CCCC1=O. The van der Waals surface area contributed by atoms with Crippen molar-refractivity contribution >= 4 is 11.8 Å². The van der Waals surface area contributed by atoms with Gasteiger partial charge in [0, 0.05) is 26.1 Å². The summed E-state index contributed by atoms with van der Waals surface area (Å²) in [6, 6.07) is -0.301. The van der Waals surface area contributed by atoms with Crippen LogP contribution >= 0.6 is 0 Å². The number of nitrogens with two attached hydrogens (primary N) is 1. The molecule has 2 aliphatic heterocycles. The van der Waals surface area contributed by atoms with Crippen LogP contribution in [-0.2, 0) is 9.59 Å². The molecule has 2 fully saturated rings. The van der Waals surface area contributed by atoms with Gasteiger partial charge in [-0.3, -0.25) is 9.59 Å².